The molecule has 2 aliphatic heterocycles. The zero-order chi connectivity index (χ0) is 21.1. The van der Waals surface area contributed by atoms with Crippen LogP contribution in [-0.4, -0.2) is 57.3 Å². The number of nitrogens with zero attached hydrogens (tertiary/aromatic N) is 1. The number of hydrogen-bond acceptors (Lipinski definition) is 5. The Kier molecular flexibility index (Phi) is 12.2. The number of hydrogen-bond donors (Lipinski definition) is 2. The lowest BCUT2D eigenvalue weighted by molar-refractivity contribution is -0.210. The highest BCUT2D eigenvalue weighted by molar-refractivity contribution is 14.0. The second-order valence-corrected chi connectivity index (χ2v) is 8.32. The summed E-state index contributed by atoms with van der Waals surface area (Å²) in [6.07, 6.45) is 9.08. The molecule has 0 aromatic carbocycles. The number of halogens is 1. The average Bonchev–Trinajstić information content (AvgIpc) is 3.42. The minimum Gasteiger partial charge on any atom is -0.469 e. The van der Waals surface area contributed by atoms with Gasteiger partial charge in [0.25, 0.3) is 0 Å². The van der Waals surface area contributed by atoms with E-state index in [4.69, 9.17) is 23.6 Å². The van der Waals surface area contributed by atoms with E-state index >= 15 is 0 Å². The lowest BCUT2D eigenvalue weighted by Crippen LogP contribution is -2.44. The van der Waals surface area contributed by atoms with Crippen molar-refractivity contribution in [2.45, 2.75) is 70.7 Å². The Morgan fingerprint density at radius 2 is 2.10 bits per heavy atom. The third-order valence-corrected chi connectivity index (χ3v) is 5.96. The van der Waals surface area contributed by atoms with Gasteiger partial charge in [-0.2, -0.15) is 0 Å². The summed E-state index contributed by atoms with van der Waals surface area (Å²) in [5.41, 5.74) is 0. The van der Waals surface area contributed by atoms with Gasteiger partial charge in [0, 0.05) is 38.9 Å². The van der Waals surface area contributed by atoms with E-state index in [0.717, 1.165) is 50.5 Å². The normalized spacial score (nSPS) is 21.6. The van der Waals surface area contributed by atoms with E-state index in [1.54, 1.807) is 6.26 Å². The van der Waals surface area contributed by atoms with Crippen molar-refractivity contribution in [2.24, 2.45) is 10.9 Å². The van der Waals surface area contributed by atoms with Crippen molar-refractivity contribution in [2.75, 3.05) is 39.5 Å². The van der Waals surface area contributed by atoms with Crippen LogP contribution in [0, 0.1) is 5.92 Å². The van der Waals surface area contributed by atoms with Crippen molar-refractivity contribution in [3.05, 3.63) is 24.2 Å². The molecular weight excluding hydrogens is 509 g/mol. The SMILES string of the molecule is CCCCC(CC)CN=C(NCCc1ccco1)NCC1COC2(CCOCC2)O1.I. The summed E-state index contributed by atoms with van der Waals surface area (Å²) in [6, 6.07) is 3.92. The molecule has 0 amide bonds. The van der Waals surface area contributed by atoms with Crippen molar-refractivity contribution in [1.82, 2.24) is 10.6 Å². The maximum absolute atomic E-state index is 6.24. The molecule has 0 radical (unpaired) electrons. The second kappa shape index (κ2) is 14.3. The summed E-state index contributed by atoms with van der Waals surface area (Å²) in [5.74, 6) is 2.01. The molecule has 1 aromatic rings. The maximum atomic E-state index is 6.24. The Balaban J connectivity index is 0.00000341. The zero-order valence-corrected chi connectivity index (χ0v) is 21.4. The molecule has 1 aromatic heterocycles. The van der Waals surface area contributed by atoms with Gasteiger partial charge in [-0.05, 0) is 24.5 Å². The molecule has 3 heterocycles. The first kappa shape index (κ1) is 26.4. The largest absolute Gasteiger partial charge is 0.469 e. The highest BCUT2D eigenvalue weighted by atomic mass is 127. The van der Waals surface area contributed by atoms with E-state index in [2.05, 4.69) is 24.5 Å². The second-order valence-electron chi connectivity index (χ2n) is 8.32. The average molecular weight is 549 g/mol. The third kappa shape index (κ3) is 8.90. The maximum Gasteiger partial charge on any atom is 0.191 e. The van der Waals surface area contributed by atoms with Crippen molar-refractivity contribution in [1.29, 1.82) is 0 Å². The highest BCUT2D eigenvalue weighted by Crippen LogP contribution is 2.32. The van der Waals surface area contributed by atoms with Gasteiger partial charge in [-0.15, -0.1) is 24.0 Å². The van der Waals surface area contributed by atoms with Crippen LogP contribution >= 0.6 is 24.0 Å². The summed E-state index contributed by atoms with van der Waals surface area (Å²) in [4.78, 5) is 4.88. The zero-order valence-electron chi connectivity index (χ0n) is 19.1. The Morgan fingerprint density at radius 1 is 1.26 bits per heavy atom. The predicted octanol–water partition coefficient (Wildman–Crippen LogP) is 4.11. The fourth-order valence-electron chi connectivity index (χ4n) is 3.94. The van der Waals surface area contributed by atoms with Crippen LogP contribution in [0.1, 0.15) is 58.1 Å². The molecule has 7 nitrogen and oxygen atoms in total. The minimum absolute atomic E-state index is 0. The molecule has 2 saturated heterocycles. The van der Waals surface area contributed by atoms with Crippen molar-refractivity contribution < 1.29 is 18.6 Å². The monoisotopic (exact) mass is 549 g/mol. The van der Waals surface area contributed by atoms with E-state index in [0.29, 0.717) is 32.3 Å². The lowest BCUT2D eigenvalue weighted by atomic mass is 10.00. The predicted molar refractivity (Wildman–Crippen MR) is 133 cm³/mol. The number of furan rings is 1. The quantitative estimate of drug-likeness (QED) is 0.246. The Hall–Kier alpha value is -0.840. The van der Waals surface area contributed by atoms with E-state index in [-0.39, 0.29) is 30.1 Å². The van der Waals surface area contributed by atoms with Crippen LogP contribution in [0.3, 0.4) is 0 Å². The molecule has 178 valence electrons. The van der Waals surface area contributed by atoms with Gasteiger partial charge >= 0.3 is 0 Å². The summed E-state index contributed by atoms with van der Waals surface area (Å²) in [6.45, 7) is 8.82. The first-order valence-electron chi connectivity index (χ1n) is 11.7. The van der Waals surface area contributed by atoms with Gasteiger partial charge in [-0.1, -0.05) is 33.1 Å². The molecule has 2 atom stereocenters. The van der Waals surface area contributed by atoms with E-state index in [1.165, 1.54) is 19.3 Å². The smallest absolute Gasteiger partial charge is 0.191 e. The summed E-state index contributed by atoms with van der Waals surface area (Å²) in [5, 5.41) is 6.92. The Morgan fingerprint density at radius 3 is 2.81 bits per heavy atom. The van der Waals surface area contributed by atoms with Gasteiger partial charge in [0.1, 0.15) is 11.9 Å². The molecule has 1 spiro atoms. The standard InChI is InChI=1S/C23H39N3O4.HI/c1-3-5-7-19(4-2)16-25-22(24-12-9-20-8-6-13-28-20)26-17-21-18-29-23(30-21)10-14-27-15-11-23;/h6,8,13,19,21H,3-5,7,9-12,14-18H2,1-2H3,(H2,24,25,26);1H. The van der Waals surface area contributed by atoms with Crippen LogP contribution in [0.4, 0.5) is 0 Å². The third-order valence-electron chi connectivity index (χ3n) is 5.96. The number of ether oxygens (including phenoxy) is 3. The van der Waals surface area contributed by atoms with Gasteiger partial charge in [0.05, 0.1) is 26.1 Å². The summed E-state index contributed by atoms with van der Waals surface area (Å²) in [7, 11) is 0. The number of rotatable bonds is 11. The van der Waals surface area contributed by atoms with Crippen molar-refractivity contribution in [3.8, 4) is 0 Å². The minimum atomic E-state index is -0.442. The topological polar surface area (TPSA) is 77.3 Å². The van der Waals surface area contributed by atoms with E-state index in [1.807, 2.05) is 12.1 Å². The van der Waals surface area contributed by atoms with Gasteiger partial charge in [-0.3, -0.25) is 4.99 Å². The molecule has 2 N–H and O–H groups in total. The Bertz CT molecular complexity index is 620. The molecule has 0 aliphatic carbocycles. The van der Waals surface area contributed by atoms with Gasteiger partial charge in [0.2, 0.25) is 0 Å². The number of nitrogens with one attached hydrogen (secondary N) is 2. The van der Waals surface area contributed by atoms with Gasteiger partial charge < -0.3 is 29.3 Å². The van der Waals surface area contributed by atoms with Crippen LogP contribution in [0.15, 0.2) is 27.8 Å². The first-order chi connectivity index (χ1) is 14.7. The lowest BCUT2D eigenvalue weighted by Gasteiger charge is -2.31. The molecule has 31 heavy (non-hydrogen) atoms. The van der Waals surface area contributed by atoms with Crippen LogP contribution in [0.2, 0.25) is 0 Å². The summed E-state index contributed by atoms with van der Waals surface area (Å²) >= 11 is 0. The molecule has 0 saturated carbocycles. The fraction of sp³-hybridized carbons (Fsp3) is 0.783. The van der Waals surface area contributed by atoms with Crippen LogP contribution in [-0.2, 0) is 20.6 Å². The number of guanidine groups is 1. The van der Waals surface area contributed by atoms with Crippen LogP contribution < -0.4 is 10.6 Å². The molecule has 2 fully saturated rings. The van der Waals surface area contributed by atoms with Gasteiger partial charge in [0.15, 0.2) is 11.7 Å². The highest BCUT2D eigenvalue weighted by Gasteiger charge is 2.42. The number of unbranched alkanes of at least 4 members (excludes halogenated alkanes) is 1. The van der Waals surface area contributed by atoms with E-state index < -0.39 is 5.79 Å². The molecule has 8 heteroatoms. The van der Waals surface area contributed by atoms with E-state index in [9.17, 15) is 0 Å². The molecular formula is C23H40IN3O4. The number of aliphatic imine (C=N–C) groups is 1. The first-order valence-corrected chi connectivity index (χ1v) is 11.7. The fourth-order valence-corrected chi connectivity index (χ4v) is 3.94. The van der Waals surface area contributed by atoms with Gasteiger partial charge in [-0.25, -0.2) is 0 Å². The molecule has 2 unspecified atom stereocenters. The summed E-state index contributed by atoms with van der Waals surface area (Å²) < 4.78 is 23.1. The van der Waals surface area contributed by atoms with Crippen molar-refractivity contribution in [3.63, 3.8) is 0 Å². The van der Waals surface area contributed by atoms with Crippen LogP contribution in [0.5, 0.6) is 0 Å². The molecule has 0 bridgehead atoms. The Labute approximate surface area is 204 Å². The molecule has 2 aliphatic rings. The molecule has 3 rings (SSSR count). The van der Waals surface area contributed by atoms with Crippen LogP contribution in [0.25, 0.3) is 0 Å². The van der Waals surface area contributed by atoms with Crippen molar-refractivity contribution >= 4 is 29.9 Å².